The Morgan fingerprint density at radius 2 is 2.11 bits per heavy atom. The van der Waals surface area contributed by atoms with Crippen molar-refractivity contribution >= 4 is 10.0 Å². The molecule has 1 aromatic rings. The van der Waals surface area contributed by atoms with Crippen molar-refractivity contribution in [1.82, 2.24) is 19.2 Å². The van der Waals surface area contributed by atoms with Gasteiger partial charge in [0.1, 0.15) is 5.82 Å². The fourth-order valence-corrected chi connectivity index (χ4v) is 3.23. The van der Waals surface area contributed by atoms with Crippen molar-refractivity contribution in [1.29, 1.82) is 0 Å². The predicted octanol–water partition coefficient (Wildman–Crippen LogP) is 0.434. The molecule has 0 spiro atoms. The first-order chi connectivity index (χ1) is 8.50. The molecule has 1 aromatic heterocycles. The van der Waals surface area contributed by atoms with Gasteiger partial charge in [0, 0.05) is 20.1 Å². The maximum absolute atomic E-state index is 12.2. The Bertz CT molecular complexity index is 491. The number of hydrogen-bond donors (Lipinski definition) is 1. The van der Waals surface area contributed by atoms with Crippen molar-refractivity contribution in [2.75, 3.05) is 33.2 Å². The number of nitrogens with one attached hydrogen (secondary N) is 1. The lowest BCUT2D eigenvalue weighted by Crippen LogP contribution is -2.35. The average Bonchev–Trinajstić information content (AvgIpc) is 2.96. The van der Waals surface area contributed by atoms with Crippen molar-refractivity contribution in [2.45, 2.75) is 24.8 Å². The maximum Gasteiger partial charge on any atom is 0.259 e. The van der Waals surface area contributed by atoms with Crippen LogP contribution in [0.1, 0.15) is 18.7 Å². The van der Waals surface area contributed by atoms with Gasteiger partial charge in [-0.2, -0.15) is 4.31 Å². The molecule has 1 N–H and O–H groups in total. The van der Waals surface area contributed by atoms with E-state index in [0.29, 0.717) is 12.4 Å². The Morgan fingerprint density at radius 3 is 2.67 bits per heavy atom. The number of likely N-dealkylation sites (N-methyl/N-ethyl adjacent to an activating group) is 1. The first-order valence-corrected chi connectivity index (χ1v) is 7.64. The second-order valence-corrected chi connectivity index (χ2v) is 6.72. The summed E-state index contributed by atoms with van der Waals surface area (Å²) in [5.74, 6) is 0.613. The third kappa shape index (κ3) is 2.90. The molecule has 0 aromatic carbocycles. The highest BCUT2D eigenvalue weighted by molar-refractivity contribution is 7.89. The minimum Gasteiger partial charge on any atom is -0.332 e. The molecule has 0 radical (unpaired) electrons. The average molecular weight is 272 g/mol. The van der Waals surface area contributed by atoms with Crippen LogP contribution in [-0.4, -0.2) is 60.8 Å². The molecule has 7 heteroatoms. The summed E-state index contributed by atoms with van der Waals surface area (Å²) in [5, 5.41) is 0.170. The van der Waals surface area contributed by atoms with Crippen LogP contribution in [0.2, 0.25) is 0 Å². The van der Waals surface area contributed by atoms with E-state index in [1.54, 1.807) is 14.0 Å². The number of aryl methyl sites for hydroxylation is 1. The number of imidazole rings is 1. The van der Waals surface area contributed by atoms with Gasteiger partial charge in [-0.1, -0.05) is 0 Å². The van der Waals surface area contributed by atoms with E-state index in [0.717, 1.165) is 19.6 Å². The van der Waals surface area contributed by atoms with E-state index in [2.05, 4.69) is 14.9 Å². The lowest BCUT2D eigenvalue weighted by atomic mass is 10.4. The van der Waals surface area contributed by atoms with Crippen LogP contribution in [0, 0.1) is 6.92 Å². The van der Waals surface area contributed by atoms with Crippen LogP contribution in [0.5, 0.6) is 0 Å². The zero-order valence-electron chi connectivity index (χ0n) is 10.9. The number of rotatable bonds is 5. The topological polar surface area (TPSA) is 69.3 Å². The number of nitrogens with zero attached hydrogens (tertiary/aromatic N) is 3. The summed E-state index contributed by atoms with van der Waals surface area (Å²) in [6, 6.07) is 0. The summed E-state index contributed by atoms with van der Waals surface area (Å²) in [5.41, 5.74) is 0. The molecule has 102 valence electrons. The molecule has 0 bridgehead atoms. The van der Waals surface area contributed by atoms with E-state index in [1.165, 1.54) is 23.3 Å². The van der Waals surface area contributed by atoms with Crippen LogP contribution < -0.4 is 0 Å². The summed E-state index contributed by atoms with van der Waals surface area (Å²) >= 11 is 0. The molecular weight excluding hydrogens is 252 g/mol. The first kappa shape index (κ1) is 13.5. The van der Waals surface area contributed by atoms with E-state index >= 15 is 0 Å². The lowest BCUT2D eigenvalue weighted by Gasteiger charge is -2.20. The smallest absolute Gasteiger partial charge is 0.259 e. The minimum absolute atomic E-state index is 0.170. The standard InChI is InChI=1S/C11H20N4O2S/c1-10-12-9-11(13-10)18(16,17)14(2)7-8-15-5-3-4-6-15/h9H,3-8H2,1-2H3,(H,12,13). The fourth-order valence-electron chi connectivity index (χ4n) is 2.11. The van der Waals surface area contributed by atoms with Crippen LogP contribution >= 0.6 is 0 Å². The lowest BCUT2D eigenvalue weighted by molar-refractivity contribution is 0.309. The Balaban J connectivity index is 1.96. The van der Waals surface area contributed by atoms with Crippen molar-refractivity contribution in [3.63, 3.8) is 0 Å². The van der Waals surface area contributed by atoms with Crippen molar-refractivity contribution in [2.24, 2.45) is 0 Å². The van der Waals surface area contributed by atoms with Gasteiger partial charge in [0.2, 0.25) is 0 Å². The molecule has 1 saturated heterocycles. The fraction of sp³-hybridized carbons (Fsp3) is 0.727. The third-order valence-electron chi connectivity index (χ3n) is 3.30. The van der Waals surface area contributed by atoms with Crippen LogP contribution in [-0.2, 0) is 10.0 Å². The molecule has 0 aliphatic carbocycles. The summed E-state index contributed by atoms with van der Waals surface area (Å²) in [7, 11) is -1.81. The van der Waals surface area contributed by atoms with Gasteiger partial charge in [0.15, 0.2) is 5.03 Å². The number of likely N-dealkylation sites (tertiary alicyclic amines) is 1. The zero-order valence-corrected chi connectivity index (χ0v) is 11.7. The molecule has 0 saturated carbocycles. The Hall–Kier alpha value is -0.920. The molecule has 0 amide bonds. The van der Waals surface area contributed by atoms with Gasteiger partial charge in [-0.3, -0.25) is 0 Å². The zero-order chi connectivity index (χ0) is 13.2. The number of sulfonamides is 1. The van der Waals surface area contributed by atoms with E-state index in [4.69, 9.17) is 0 Å². The van der Waals surface area contributed by atoms with E-state index < -0.39 is 10.0 Å². The number of hydrogen-bond acceptors (Lipinski definition) is 4. The summed E-state index contributed by atoms with van der Waals surface area (Å²) in [4.78, 5) is 9.00. The third-order valence-corrected chi connectivity index (χ3v) is 5.06. The Labute approximate surface area is 108 Å². The summed E-state index contributed by atoms with van der Waals surface area (Å²) < 4.78 is 25.8. The molecule has 1 aliphatic rings. The van der Waals surface area contributed by atoms with E-state index in [-0.39, 0.29) is 5.03 Å². The van der Waals surface area contributed by atoms with E-state index in [9.17, 15) is 8.42 Å². The maximum atomic E-state index is 12.2. The van der Waals surface area contributed by atoms with Gasteiger partial charge < -0.3 is 9.88 Å². The number of aromatic amines is 1. The van der Waals surface area contributed by atoms with Crippen LogP contribution in [0.15, 0.2) is 11.2 Å². The molecule has 2 rings (SSSR count). The highest BCUT2D eigenvalue weighted by Crippen LogP contribution is 2.12. The number of H-pyrrole nitrogens is 1. The van der Waals surface area contributed by atoms with Crippen molar-refractivity contribution in [3.8, 4) is 0 Å². The molecule has 0 unspecified atom stereocenters. The van der Waals surface area contributed by atoms with Gasteiger partial charge in [-0.05, 0) is 32.9 Å². The highest BCUT2D eigenvalue weighted by Gasteiger charge is 2.23. The van der Waals surface area contributed by atoms with Crippen LogP contribution in [0.3, 0.4) is 0 Å². The summed E-state index contributed by atoms with van der Waals surface area (Å²) in [6.07, 6.45) is 3.81. The largest absolute Gasteiger partial charge is 0.332 e. The Morgan fingerprint density at radius 1 is 1.44 bits per heavy atom. The van der Waals surface area contributed by atoms with Crippen molar-refractivity contribution in [3.05, 3.63) is 12.0 Å². The van der Waals surface area contributed by atoms with Gasteiger partial charge in [0.05, 0.1) is 6.20 Å². The highest BCUT2D eigenvalue weighted by atomic mass is 32.2. The summed E-state index contributed by atoms with van der Waals surface area (Å²) in [6.45, 7) is 5.21. The molecular formula is C11H20N4O2S. The predicted molar refractivity (Wildman–Crippen MR) is 68.8 cm³/mol. The minimum atomic E-state index is -3.42. The first-order valence-electron chi connectivity index (χ1n) is 6.20. The van der Waals surface area contributed by atoms with Crippen LogP contribution in [0.25, 0.3) is 0 Å². The Kier molecular flexibility index (Phi) is 4.04. The van der Waals surface area contributed by atoms with Gasteiger partial charge in [-0.15, -0.1) is 0 Å². The molecule has 1 fully saturated rings. The molecule has 18 heavy (non-hydrogen) atoms. The molecule has 6 nitrogen and oxygen atoms in total. The molecule has 0 atom stereocenters. The van der Waals surface area contributed by atoms with Crippen molar-refractivity contribution < 1.29 is 8.42 Å². The second kappa shape index (κ2) is 5.38. The SMILES string of the molecule is Cc1ncc(S(=O)(=O)N(C)CCN2CCCC2)[nH]1. The van der Waals surface area contributed by atoms with Gasteiger partial charge >= 0.3 is 0 Å². The normalized spacial score (nSPS) is 17.7. The quantitative estimate of drug-likeness (QED) is 0.844. The monoisotopic (exact) mass is 272 g/mol. The van der Waals surface area contributed by atoms with Crippen LogP contribution in [0.4, 0.5) is 0 Å². The second-order valence-electron chi connectivity index (χ2n) is 4.71. The molecule has 1 aliphatic heterocycles. The number of aromatic nitrogens is 2. The van der Waals surface area contributed by atoms with Gasteiger partial charge in [-0.25, -0.2) is 13.4 Å². The van der Waals surface area contributed by atoms with Gasteiger partial charge in [0.25, 0.3) is 10.0 Å². The molecule has 2 heterocycles. The van der Waals surface area contributed by atoms with E-state index in [1.807, 2.05) is 0 Å².